The van der Waals surface area contributed by atoms with Gasteiger partial charge in [-0.2, -0.15) is 0 Å². The maximum atomic E-state index is 11.0. The predicted molar refractivity (Wildman–Crippen MR) is 117 cm³/mol. The minimum Gasteiger partial charge on any atom is -0.482 e. The molecule has 0 atom stereocenters. The molecule has 4 aromatic carbocycles. The molecule has 0 saturated carbocycles. The lowest BCUT2D eigenvalue weighted by atomic mass is 9.95. The quantitative estimate of drug-likeness (QED) is 0.416. The third-order valence-electron chi connectivity index (χ3n) is 4.83. The van der Waals surface area contributed by atoms with Gasteiger partial charge in [0.15, 0.2) is 6.61 Å². The van der Waals surface area contributed by atoms with Crippen LogP contribution in [-0.2, 0) is 11.2 Å². The van der Waals surface area contributed by atoms with Gasteiger partial charge >= 0.3 is 5.97 Å². The average molecular weight is 403 g/mol. The Morgan fingerprint density at radius 1 is 0.828 bits per heavy atom. The normalized spacial score (nSPS) is 10.8. The van der Waals surface area contributed by atoms with E-state index in [1.165, 1.54) is 10.8 Å². The van der Waals surface area contributed by atoms with Crippen molar-refractivity contribution in [3.63, 3.8) is 0 Å². The van der Waals surface area contributed by atoms with E-state index in [4.69, 9.17) is 21.4 Å². The van der Waals surface area contributed by atoms with Gasteiger partial charge in [0, 0.05) is 11.4 Å². The van der Waals surface area contributed by atoms with E-state index in [1.807, 2.05) is 60.7 Å². The highest BCUT2D eigenvalue weighted by Gasteiger charge is 2.11. The van der Waals surface area contributed by atoms with Crippen molar-refractivity contribution in [3.05, 3.63) is 101 Å². The lowest BCUT2D eigenvalue weighted by Crippen LogP contribution is -2.10. The van der Waals surface area contributed by atoms with Gasteiger partial charge in [-0.25, -0.2) is 4.79 Å². The summed E-state index contributed by atoms with van der Waals surface area (Å²) in [7, 11) is 0. The Morgan fingerprint density at radius 2 is 1.59 bits per heavy atom. The van der Waals surface area contributed by atoms with E-state index in [9.17, 15) is 4.79 Å². The standard InChI is InChI=1S/C25H19ClO3/c26-22-9-4-7-18(15-22)19-11-12-24(29-16-25(27)28)21(13-19)14-20-8-3-6-17-5-1-2-10-23(17)20/h1-13,15H,14,16H2,(H,27,28). The molecule has 0 amide bonds. The third-order valence-corrected chi connectivity index (χ3v) is 5.07. The lowest BCUT2D eigenvalue weighted by molar-refractivity contribution is -0.139. The smallest absolute Gasteiger partial charge is 0.341 e. The molecular weight excluding hydrogens is 384 g/mol. The topological polar surface area (TPSA) is 46.5 Å². The van der Waals surface area contributed by atoms with Gasteiger partial charge in [0.2, 0.25) is 0 Å². The molecule has 1 N–H and O–H groups in total. The molecule has 4 aromatic rings. The molecule has 0 radical (unpaired) electrons. The number of carboxylic acid groups (broad SMARTS) is 1. The molecule has 0 aliphatic carbocycles. The first-order valence-corrected chi connectivity index (χ1v) is 9.68. The van der Waals surface area contributed by atoms with Crippen LogP contribution in [0.15, 0.2) is 84.9 Å². The zero-order valence-electron chi connectivity index (χ0n) is 15.6. The molecule has 29 heavy (non-hydrogen) atoms. The molecule has 0 unspecified atom stereocenters. The van der Waals surface area contributed by atoms with Crippen LogP contribution in [0.1, 0.15) is 11.1 Å². The van der Waals surface area contributed by atoms with E-state index >= 15 is 0 Å². The molecule has 0 aromatic heterocycles. The van der Waals surface area contributed by atoms with Crippen LogP contribution in [-0.4, -0.2) is 17.7 Å². The number of hydrogen-bond acceptors (Lipinski definition) is 2. The van der Waals surface area contributed by atoms with Crippen LogP contribution in [0.25, 0.3) is 21.9 Å². The van der Waals surface area contributed by atoms with Crippen LogP contribution in [0.2, 0.25) is 5.02 Å². The van der Waals surface area contributed by atoms with E-state index < -0.39 is 5.97 Å². The first-order chi connectivity index (χ1) is 14.1. The summed E-state index contributed by atoms with van der Waals surface area (Å²) in [5.41, 5.74) is 4.10. The Labute approximate surface area is 174 Å². The van der Waals surface area contributed by atoms with Gasteiger partial charge in [0.05, 0.1) is 0 Å². The van der Waals surface area contributed by atoms with Crippen LogP contribution in [0.5, 0.6) is 5.75 Å². The molecule has 0 saturated heterocycles. The number of rotatable bonds is 6. The zero-order valence-corrected chi connectivity index (χ0v) is 16.4. The molecule has 144 valence electrons. The van der Waals surface area contributed by atoms with Crippen molar-refractivity contribution in [2.75, 3.05) is 6.61 Å². The second kappa shape index (κ2) is 8.38. The molecule has 4 rings (SSSR count). The van der Waals surface area contributed by atoms with Crippen molar-refractivity contribution in [2.24, 2.45) is 0 Å². The number of fused-ring (bicyclic) bond motifs is 1. The summed E-state index contributed by atoms with van der Waals surface area (Å²) in [4.78, 5) is 11.0. The molecule has 4 heteroatoms. The van der Waals surface area contributed by atoms with Crippen molar-refractivity contribution in [1.29, 1.82) is 0 Å². The monoisotopic (exact) mass is 402 g/mol. The molecule has 0 aliphatic rings. The summed E-state index contributed by atoms with van der Waals surface area (Å²) >= 11 is 6.16. The summed E-state index contributed by atoms with van der Waals surface area (Å²) in [5, 5.41) is 12.0. The minimum absolute atomic E-state index is 0.376. The van der Waals surface area contributed by atoms with Crippen LogP contribution < -0.4 is 4.74 Å². The predicted octanol–water partition coefficient (Wildman–Crippen LogP) is 6.21. The maximum Gasteiger partial charge on any atom is 0.341 e. The fraction of sp³-hybridized carbons (Fsp3) is 0.0800. The molecule has 0 fully saturated rings. The Bertz CT molecular complexity index is 1180. The number of carboxylic acids is 1. The third kappa shape index (κ3) is 4.41. The van der Waals surface area contributed by atoms with Crippen molar-refractivity contribution in [1.82, 2.24) is 0 Å². The average Bonchev–Trinajstić information content (AvgIpc) is 2.73. The first-order valence-electron chi connectivity index (χ1n) is 9.30. The van der Waals surface area contributed by atoms with E-state index in [-0.39, 0.29) is 6.61 Å². The van der Waals surface area contributed by atoms with Gasteiger partial charge in [0.1, 0.15) is 5.75 Å². The number of hydrogen-bond donors (Lipinski definition) is 1. The van der Waals surface area contributed by atoms with Crippen molar-refractivity contribution in [2.45, 2.75) is 6.42 Å². The van der Waals surface area contributed by atoms with E-state index in [0.717, 1.165) is 22.3 Å². The fourth-order valence-electron chi connectivity index (χ4n) is 3.50. The Hall–Kier alpha value is -3.30. The largest absolute Gasteiger partial charge is 0.482 e. The number of benzene rings is 4. The summed E-state index contributed by atoms with van der Waals surface area (Å²) in [6.45, 7) is -0.376. The Kier molecular flexibility index (Phi) is 5.50. The maximum absolute atomic E-state index is 11.0. The van der Waals surface area contributed by atoms with Crippen molar-refractivity contribution < 1.29 is 14.6 Å². The zero-order chi connectivity index (χ0) is 20.2. The van der Waals surface area contributed by atoms with Gasteiger partial charge in [-0.1, -0.05) is 72.3 Å². The van der Waals surface area contributed by atoms with Crippen LogP contribution in [0.3, 0.4) is 0 Å². The Balaban J connectivity index is 1.77. The highest BCUT2D eigenvalue weighted by molar-refractivity contribution is 6.30. The highest BCUT2D eigenvalue weighted by Crippen LogP contribution is 2.31. The number of ether oxygens (including phenoxy) is 1. The minimum atomic E-state index is -1.000. The van der Waals surface area contributed by atoms with Gasteiger partial charge in [-0.15, -0.1) is 0 Å². The number of carbonyl (C=O) groups is 1. The van der Waals surface area contributed by atoms with Crippen LogP contribution in [0, 0.1) is 0 Å². The van der Waals surface area contributed by atoms with Crippen molar-refractivity contribution in [3.8, 4) is 16.9 Å². The Morgan fingerprint density at radius 3 is 2.41 bits per heavy atom. The van der Waals surface area contributed by atoms with Gasteiger partial charge in [-0.3, -0.25) is 0 Å². The fourth-order valence-corrected chi connectivity index (χ4v) is 3.69. The van der Waals surface area contributed by atoms with E-state index in [1.54, 1.807) is 0 Å². The summed E-state index contributed by atoms with van der Waals surface area (Å²) in [6, 6.07) is 27.9. The summed E-state index contributed by atoms with van der Waals surface area (Å²) in [5.74, 6) is -0.425. The summed E-state index contributed by atoms with van der Waals surface area (Å²) < 4.78 is 5.57. The molecule has 0 heterocycles. The highest BCUT2D eigenvalue weighted by atomic mass is 35.5. The summed E-state index contributed by atoms with van der Waals surface area (Å²) in [6.07, 6.45) is 0.630. The molecular formula is C25H19ClO3. The van der Waals surface area contributed by atoms with Gasteiger partial charge in [-0.05, 0) is 57.3 Å². The van der Waals surface area contributed by atoms with Crippen LogP contribution in [0.4, 0.5) is 0 Å². The molecule has 0 aliphatic heterocycles. The molecule has 0 bridgehead atoms. The van der Waals surface area contributed by atoms with Gasteiger partial charge < -0.3 is 9.84 Å². The SMILES string of the molecule is O=C(O)COc1ccc(-c2cccc(Cl)c2)cc1Cc1cccc2ccccc12. The molecule has 3 nitrogen and oxygen atoms in total. The first kappa shape index (κ1) is 19.0. The van der Waals surface area contributed by atoms with Crippen molar-refractivity contribution >= 4 is 28.3 Å². The van der Waals surface area contributed by atoms with Gasteiger partial charge in [0.25, 0.3) is 0 Å². The number of halogens is 1. The molecule has 0 spiro atoms. The number of aliphatic carboxylic acids is 1. The second-order valence-electron chi connectivity index (χ2n) is 6.83. The lowest BCUT2D eigenvalue weighted by Gasteiger charge is -2.14. The van der Waals surface area contributed by atoms with E-state index in [2.05, 4.69) is 24.3 Å². The van der Waals surface area contributed by atoms with Crippen LogP contribution >= 0.6 is 11.6 Å². The van der Waals surface area contributed by atoms with E-state index in [0.29, 0.717) is 17.2 Å². The second-order valence-corrected chi connectivity index (χ2v) is 7.27.